The summed E-state index contributed by atoms with van der Waals surface area (Å²) in [6.07, 6.45) is 17.0. The van der Waals surface area contributed by atoms with Crippen LogP contribution in [0.5, 0.6) is 0 Å². The van der Waals surface area contributed by atoms with Crippen molar-refractivity contribution in [2.45, 2.75) is 38.5 Å². The van der Waals surface area contributed by atoms with Crippen molar-refractivity contribution in [3.05, 3.63) is 24.3 Å². The van der Waals surface area contributed by atoms with Crippen LogP contribution in [0, 0.1) is 0 Å². The molecule has 1 heteroatoms. The third-order valence-electron chi connectivity index (χ3n) is 1.82. The normalized spacial score (nSPS) is 18.9. The molecule has 0 nitrogen and oxygen atoms in total. The SMILES string of the molecule is C1=CCCC1.C1=CCCC1.[H-].[H-].[Mg+2]. The second-order valence-corrected chi connectivity index (χ2v) is 2.80. The molecule has 0 fully saturated rings. The van der Waals surface area contributed by atoms with E-state index in [-0.39, 0.29) is 25.9 Å². The monoisotopic (exact) mass is 162 g/mol. The maximum atomic E-state index is 2.24. The fourth-order valence-electron chi connectivity index (χ4n) is 1.18. The maximum absolute atomic E-state index is 2.24. The second-order valence-electron chi connectivity index (χ2n) is 2.80. The van der Waals surface area contributed by atoms with E-state index in [9.17, 15) is 0 Å². The predicted octanol–water partition coefficient (Wildman–Crippen LogP) is 3.30. The molecule has 0 amide bonds. The number of rotatable bonds is 0. The molecule has 2 aliphatic carbocycles. The van der Waals surface area contributed by atoms with Crippen LogP contribution in [0.4, 0.5) is 0 Å². The van der Waals surface area contributed by atoms with Gasteiger partial charge in [-0.25, -0.2) is 0 Å². The van der Waals surface area contributed by atoms with E-state index < -0.39 is 0 Å². The van der Waals surface area contributed by atoms with Gasteiger partial charge in [0.05, 0.1) is 0 Å². The van der Waals surface area contributed by atoms with E-state index in [4.69, 9.17) is 0 Å². The largest absolute Gasteiger partial charge is 2.00 e. The van der Waals surface area contributed by atoms with Crippen LogP contribution in [0.25, 0.3) is 0 Å². The van der Waals surface area contributed by atoms with Crippen molar-refractivity contribution in [2.75, 3.05) is 0 Å². The number of allylic oxidation sites excluding steroid dienone is 4. The molecule has 2 aliphatic rings. The first-order chi connectivity index (χ1) is 5.00. The quantitative estimate of drug-likeness (QED) is 0.379. The average molecular weight is 163 g/mol. The van der Waals surface area contributed by atoms with E-state index in [1.54, 1.807) is 0 Å². The van der Waals surface area contributed by atoms with E-state index in [0.29, 0.717) is 0 Å². The van der Waals surface area contributed by atoms with E-state index in [1.807, 2.05) is 0 Å². The van der Waals surface area contributed by atoms with Crippen molar-refractivity contribution in [1.82, 2.24) is 0 Å². The summed E-state index contributed by atoms with van der Waals surface area (Å²) >= 11 is 0. The zero-order valence-corrected chi connectivity index (χ0v) is 8.67. The zero-order chi connectivity index (χ0) is 7.07. The molecule has 0 bridgehead atoms. The molecule has 11 heavy (non-hydrogen) atoms. The Balaban J connectivity index is -0.000000125. The third-order valence-corrected chi connectivity index (χ3v) is 1.82. The first kappa shape index (κ1) is 11.2. The Bertz CT molecular complexity index is 105. The van der Waals surface area contributed by atoms with Gasteiger partial charge in [-0.15, -0.1) is 0 Å². The van der Waals surface area contributed by atoms with Gasteiger partial charge in [-0.1, -0.05) is 24.3 Å². The predicted molar refractivity (Wildman–Crippen MR) is 54.0 cm³/mol. The van der Waals surface area contributed by atoms with Crippen molar-refractivity contribution in [3.63, 3.8) is 0 Å². The van der Waals surface area contributed by atoms with E-state index in [0.717, 1.165) is 0 Å². The smallest absolute Gasteiger partial charge is 1.00 e. The van der Waals surface area contributed by atoms with Crippen LogP contribution in [-0.4, -0.2) is 23.1 Å². The molecular weight excluding hydrogens is 144 g/mol. The Morgan fingerprint density at radius 1 is 0.636 bits per heavy atom. The van der Waals surface area contributed by atoms with Crippen LogP contribution in [0.2, 0.25) is 0 Å². The minimum Gasteiger partial charge on any atom is -1.00 e. The van der Waals surface area contributed by atoms with E-state index in [1.165, 1.54) is 38.5 Å². The Hall–Kier alpha value is 0.246. The van der Waals surface area contributed by atoms with Crippen LogP contribution >= 0.6 is 0 Å². The minimum absolute atomic E-state index is 0. The Morgan fingerprint density at radius 3 is 1.00 bits per heavy atom. The minimum atomic E-state index is 0. The standard InChI is InChI=1S/2C5H8.Mg.2H/c2*1-2-4-5-3-1;;;/h2*1-2H,3-5H2;;;/q;;+2;2*-1. The number of hydrogen-bond acceptors (Lipinski definition) is 0. The van der Waals surface area contributed by atoms with Crippen molar-refractivity contribution in [3.8, 4) is 0 Å². The first-order valence-corrected chi connectivity index (χ1v) is 4.30. The van der Waals surface area contributed by atoms with Gasteiger partial charge in [0.1, 0.15) is 0 Å². The van der Waals surface area contributed by atoms with E-state index >= 15 is 0 Å². The molecule has 0 aromatic heterocycles. The molecule has 0 aromatic carbocycles. The Labute approximate surface area is 88.9 Å². The fourth-order valence-corrected chi connectivity index (χ4v) is 1.18. The van der Waals surface area contributed by atoms with Gasteiger partial charge in [0.25, 0.3) is 0 Å². The van der Waals surface area contributed by atoms with Gasteiger partial charge in [0, 0.05) is 0 Å². The molecule has 0 radical (unpaired) electrons. The molecule has 0 aromatic rings. The van der Waals surface area contributed by atoms with Crippen molar-refractivity contribution in [1.29, 1.82) is 0 Å². The molecule has 0 saturated heterocycles. The molecule has 0 unspecified atom stereocenters. The third kappa shape index (κ3) is 6.64. The molecule has 0 atom stereocenters. The number of hydrogen-bond donors (Lipinski definition) is 0. The summed E-state index contributed by atoms with van der Waals surface area (Å²) in [6, 6.07) is 0. The molecule has 0 aliphatic heterocycles. The summed E-state index contributed by atoms with van der Waals surface area (Å²) in [6.45, 7) is 0. The van der Waals surface area contributed by atoms with Gasteiger partial charge in [0.15, 0.2) is 0 Å². The average Bonchev–Trinajstić information content (AvgIpc) is 2.67. The Kier molecular flexibility index (Phi) is 8.53. The van der Waals surface area contributed by atoms with Gasteiger partial charge in [-0.2, -0.15) is 0 Å². The topological polar surface area (TPSA) is 0 Å². The van der Waals surface area contributed by atoms with Crippen LogP contribution in [-0.2, 0) is 0 Å². The molecule has 0 heterocycles. The van der Waals surface area contributed by atoms with Crippen LogP contribution in [0.15, 0.2) is 24.3 Å². The maximum Gasteiger partial charge on any atom is 2.00 e. The van der Waals surface area contributed by atoms with Crippen molar-refractivity contribution >= 4 is 23.1 Å². The van der Waals surface area contributed by atoms with Crippen molar-refractivity contribution in [2.24, 2.45) is 0 Å². The summed E-state index contributed by atoms with van der Waals surface area (Å²) in [5.74, 6) is 0. The summed E-state index contributed by atoms with van der Waals surface area (Å²) in [5.41, 5.74) is 0. The zero-order valence-electron chi connectivity index (χ0n) is 9.26. The first-order valence-electron chi connectivity index (χ1n) is 4.30. The fraction of sp³-hybridized carbons (Fsp3) is 0.600. The van der Waals surface area contributed by atoms with Gasteiger partial charge in [-0.3, -0.25) is 0 Å². The summed E-state index contributed by atoms with van der Waals surface area (Å²) in [7, 11) is 0. The Morgan fingerprint density at radius 2 is 0.909 bits per heavy atom. The van der Waals surface area contributed by atoms with Crippen LogP contribution < -0.4 is 0 Å². The summed E-state index contributed by atoms with van der Waals surface area (Å²) in [5, 5.41) is 0. The molecule has 0 N–H and O–H groups in total. The molecule has 2 rings (SSSR count). The van der Waals surface area contributed by atoms with Gasteiger partial charge < -0.3 is 2.85 Å². The second kappa shape index (κ2) is 8.34. The van der Waals surface area contributed by atoms with Crippen molar-refractivity contribution < 1.29 is 2.85 Å². The van der Waals surface area contributed by atoms with Gasteiger partial charge in [-0.05, 0) is 38.5 Å². The summed E-state index contributed by atoms with van der Waals surface area (Å²) < 4.78 is 0. The van der Waals surface area contributed by atoms with Gasteiger partial charge >= 0.3 is 23.1 Å². The molecule has 0 saturated carbocycles. The molecule has 0 spiro atoms. The van der Waals surface area contributed by atoms with E-state index in [2.05, 4.69) is 24.3 Å². The molecular formula is C10H18Mg. The molecule has 60 valence electrons. The van der Waals surface area contributed by atoms with Crippen LogP contribution in [0.3, 0.4) is 0 Å². The van der Waals surface area contributed by atoms with Gasteiger partial charge in [0.2, 0.25) is 0 Å². The van der Waals surface area contributed by atoms with Crippen LogP contribution in [0.1, 0.15) is 41.4 Å². The summed E-state index contributed by atoms with van der Waals surface area (Å²) in [4.78, 5) is 0.